The van der Waals surface area contributed by atoms with Crippen LogP contribution in [0.2, 0.25) is 0 Å². The number of halogens is 1. The molecule has 0 bridgehead atoms. The molecule has 0 saturated heterocycles. The van der Waals surface area contributed by atoms with Gasteiger partial charge in [0.1, 0.15) is 15.8 Å². The standard InChI is InChI=1S/C12H13BFN3OS2/c1-19-3-2-9(18)16-12-10(13)17-11(20-12)7-4-8(14)6-15-5-7/h4-6H,2-3,13H2,1H3,(H,16,18). The molecule has 8 heteroatoms. The molecule has 0 radical (unpaired) electrons. The fraction of sp³-hybridized carbons (Fsp3) is 0.250. The summed E-state index contributed by atoms with van der Waals surface area (Å²) in [4.78, 5) is 19.9. The molecule has 0 aliphatic carbocycles. The summed E-state index contributed by atoms with van der Waals surface area (Å²) in [6, 6.07) is 1.38. The summed E-state index contributed by atoms with van der Waals surface area (Å²) in [6.07, 6.45) is 5.13. The molecule has 2 heterocycles. The number of thiazole rings is 1. The van der Waals surface area contributed by atoms with Gasteiger partial charge in [-0.05, 0) is 12.3 Å². The van der Waals surface area contributed by atoms with Crippen LogP contribution in [0.15, 0.2) is 18.5 Å². The maximum Gasteiger partial charge on any atom is 0.225 e. The number of hydrogen-bond acceptors (Lipinski definition) is 5. The van der Waals surface area contributed by atoms with E-state index in [1.54, 1.807) is 18.0 Å². The number of nitrogens with one attached hydrogen (secondary N) is 1. The van der Waals surface area contributed by atoms with E-state index in [0.29, 0.717) is 22.0 Å². The minimum absolute atomic E-state index is 0.0324. The number of nitrogens with zero attached hydrogens (tertiary/aromatic N) is 2. The van der Waals surface area contributed by atoms with E-state index in [9.17, 15) is 9.18 Å². The third-order valence-electron chi connectivity index (χ3n) is 2.53. The molecule has 0 saturated carbocycles. The zero-order chi connectivity index (χ0) is 14.5. The number of pyridine rings is 1. The Bertz CT molecular complexity index is 620. The van der Waals surface area contributed by atoms with Crippen LogP contribution in [-0.4, -0.2) is 35.7 Å². The maximum absolute atomic E-state index is 13.2. The second-order valence-corrected chi connectivity index (χ2v) is 6.10. The number of aromatic nitrogens is 2. The number of carbonyl (C=O) groups is 1. The second kappa shape index (κ2) is 6.85. The van der Waals surface area contributed by atoms with Crippen molar-refractivity contribution in [1.29, 1.82) is 0 Å². The van der Waals surface area contributed by atoms with Crippen LogP contribution in [0.4, 0.5) is 9.39 Å². The van der Waals surface area contributed by atoms with Crippen LogP contribution in [0.25, 0.3) is 10.6 Å². The lowest BCUT2D eigenvalue weighted by Gasteiger charge is -2.01. The fourth-order valence-electron chi connectivity index (χ4n) is 1.55. The first-order chi connectivity index (χ1) is 9.60. The molecule has 2 aromatic rings. The molecule has 104 valence electrons. The van der Waals surface area contributed by atoms with Crippen molar-refractivity contribution >= 4 is 47.4 Å². The Labute approximate surface area is 125 Å². The minimum atomic E-state index is -0.402. The SMILES string of the molecule is Bc1nc(-c2cncc(F)c2)sc1NC(=O)CCSC. The highest BCUT2D eigenvalue weighted by Gasteiger charge is 2.12. The topological polar surface area (TPSA) is 54.9 Å². The van der Waals surface area contributed by atoms with Gasteiger partial charge >= 0.3 is 0 Å². The number of rotatable bonds is 5. The molecule has 4 nitrogen and oxygen atoms in total. The highest BCUT2D eigenvalue weighted by atomic mass is 32.2. The first kappa shape index (κ1) is 15.0. The second-order valence-electron chi connectivity index (χ2n) is 4.12. The maximum atomic E-state index is 13.2. The Morgan fingerprint density at radius 1 is 1.55 bits per heavy atom. The largest absolute Gasteiger partial charge is 0.317 e. The minimum Gasteiger partial charge on any atom is -0.317 e. The molecule has 0 spiro atoms. The third-order valence-corrected chi connectivity index (χ3v) is 4.27. The number of hydrogen-bond donors (Lipinski definition) is 1. The van der Waals surface area contributed by atoms with Crippen LogP contribution in [0.3, 0.4) is 0 Å². The van der Waals surface area contributed by atoms with E-state index in [0.717, 1.165) is 17.5 Å². The lowest BCUT2D eigenvalue weighted by Crippen LogP contribution is -2.17. The molecular weight excluding hydrogens is 296 g/mol. The quantitative estimate of drug-likeness (QED) is 0.846. The molecular formula is C12H13BFN3OS2. The molecule has 2 aromatic heterocycles. The summed E-state index contributed by atoms with van der Waals surface area (Å²) in [6.45, 7) is 0. The summed E-state index contributed by atoms with van der Waals surface area (Å²) in [5.41, 5.74) is 1.34. The predicted octanol–water partition coefficient (Wildman–Crippen LogP) is 1.29. The van der Waals surface area contributed by atoms with E-state index in [4.69, 9.17) is 0 Å². The van der Waals surface area contributed by atoms with Gasteiger partial charge in [-0.2, -0.15) is 11.8 Å². The van der Waals surface area contributed by atoms with Crippen molar-refractivity contribution < 1.29 is 9.18 Å². The van der Waals surface area contributed by atoms with Crippen molar-refractivity contribution in [3.8, 4) is 10.6 Å². The highest BCUT2D eigenvalue weighted by Crippen LogP contribution is 2.26. The van der Waals surface area contributed by atoms with Gasteiger partial charge in [-0.1, -0.05) is 11.3 Å². The molecule has 0 unspecified atom stereocenters. The van der Waals surface area contributed by atoms with Crippen molar-refractivity contribution in [2.75, 3.05) is 17.3 Å². The molecule has 0 fully saturated rings. The summed E-state index contributed by atoms with van der Waals surface area (Å²) in [5, 5.41) is 4.19. The van der Waals surface area contributed by atoms with E-state index in [1.165, 1.54) is 17.4 Å². The van der Waals surface area contributed by atoms with E-state index in [-0.39, 0.29) is 5.91 Å². The van der Waals surface area contributed by atoms with Crippen molar-refractivity contribution in [3.05, 3.63) is 24.3 Å². The summed E-state index contributed by atoms with van der Waals surface area (Å²) >= 11 is 2.95. The van der Waals surface area contributed by atoms with Crippen LogP contribution in [0, 0.1) is 5.82 Å². The van der Waals surface area contributed by atoms with Crippen LogP contribution >= 0.6 is 23.1 Å². The summed E-state index contributed by atoms with van der Waals surface area (Å²) in [7, 11) is 1.82. The van der Waals surface area contributed by atoms with Gasteiger partial charge in [-0.25, -0.2) is 9.37 Å². The summed E-state index contributed by atoms with van der Waals surface area (Å²) in [5.74, 6) is 0.348. The molecule has 2 rings (SSSR count). The Morgan fingerprint density at radius 2 is 2.35 bits per heavy atom. The average molecular weight is 309 g/mol. The van der Waals surface area contributed by atoms with E-state index in [1.807, 2.05) is 14.1 Å². The molecule has 0 aliphatic rings. The smallest absolute Gasteiger partial charge is 0.225 e. The molecule has 0 aromatic carbocycles. The normalized spacial score (nSPS) is 10.5. The zero-order valence-electron chi connectivity index (χ0n) is 11.1. The zero-order valence-corrected chi connectivity index (χ0v) is 12.8. The van der Waals surface area contributed by atoms with E-state index in [2.05, 4.69) is 15.3 Å². The van der Waals surface area contributed by atoms with Gasteiger partial charge in [-0.15, -0.1) is 0 Å². The molecule has 0 aliphatic heterocycles. The summed E-state index contributed by atoms with van der Waals surface area (Å²) < 4.78 is 13.2. The van der Waals surface area contributed by atoms with Gasteiger partial charge in [0, 0.05) is 29.5 Å². The lowest BCUT2D eigenvalue weighted by molar-refractivity contribution is -0.115. The number of carbonyl (C=O) groups excluding carboxylic acids is 1. The highest BCUT2D eigenvalue weighted by molar-refractivity contribution is 7.98. The first-order valence-electron chi connectivity index (χ1n) is 5.97. The van der Waals surface area contributed by atoms with E-state index >= 15 is 0 Å². The molecule has 1 amide bonds. The van der Waals surface area contributed by atoms with Crippen LogP contribution < -0.4 is 10.9 Å². The molecule has 0 atom stereocenters. The van der Waals surface area contributed by atoms with Gasteiger partial charge in [0.2, 0.25) is 5.91 Å². The lowest BCUT2D eigenvalue weighted by atomic mass is 10.1. The first-order valence-corrected chi connectivity index (χ1v) is 8.18. The van der Waals surface area contributed by atoms with Crippen LogP contribution in [0.1, 0.15) is 6.42 Å². The average Bonchev–Trinajstić information content (AvgIpc) is 2.78. The fourth-order valence-corrected chi connectivity index (χ4v) is 2.90. The van der Waals surface area contributed by atoms with Crippen LogP contribution in [-0.2, 0) is 4.79 Å². The molecule has 1 N–H and O–H groups in total. The van der Waals surface area contributed by atoms with Crippen molar-refractivity contribution in [2.45, 2.75) is 6.42 Å². The van der Waals surface area contributed by atoms with Gasteiger partial charge in [-0.3, -0.25) is 9.78 Å². The van der Waals surface area contributed by atoms with E-state index < -0.39 is 5.82 Å². The van der Waals surface area contributed by atoms with Crippen molar-refractivity contribution in [3.63, 3.8) is 0 Å². The Morgan fingerprint density at radius 3 is 3.05 bits per heavy atom. The van der Waals surface area contributed by atoms with Gasteiger partial charge in [0.25, 0.3) is 0 Å². The Balaban J connectivity index is 2.15. The third kappa shape index (κ3) is 3.80. The number of amides is 1. The van der Waals surface area contributed by atoms with Crippen molar-refractivity contribution in [1.82, 2.24) is 9.97 Å². The number of thioether (sulfide) groups is 1. The monoisotopic (exact) mass is 309 g/mol. The van der Waals surface area contributed by atoms with Crippen LogP contribution in [0.5, 0.6) is 0 Å². The Hall–Kier alpha value is -1.41. The Kier molecular flexibility index (Phi) is 5.14. The van der Waals surface area contributed by atoms with Crippen molar-refractivity contribution in [2.24, 2.45) is 0 Å². The predicted molar refractivity (Wildman–Crippen MR) is 85.1 cm³/mol. The van der Waals surface area contributed by atoms with Gasteiger partial charge in [0.05, 0.1) is 6.20 Å². The van der Waals surface area contributed by atoms with Gasteiger partial charge < -0.3 is 5.32 Å². The van der Waals surface area contributed by atoms with Gasteiger partial charge in [0.15, 0.2) is 7.85 Å². The number of anilines is 1. The molecule has 20 heavy (non-hydrogen) atoms.